The second kappa shape index (κ2) is 43.0. The van der Waals surface area contributed by atoms with E-state index in [0.717, 1.165) is 51.4 Å². The summed E-state index contributed by atoms with van der Waals surface area (Å²) in [7, 11) is 0. The van der Waals surface area contributed by atoms with E-state index in [-0.39, 0.29) is 123 Å². The summed E-state index contributed by atoms with van der Waals surface area (Å²) in [4.78, 5) is 58.8. The van der Waals surface area contributed by atoms with Crippen molar-refractivity contribution in [3.8, 4) is 0 Å². The predicted octanol–water partition coefficient (Wildman–Crippen LogP) is 0.756. The molecule has 0 aliphatic carbocycles. The van der Waals surface area contributed by atoms with Gasteiger partial charge >= 0.3 is 23.8 Å². The maximum atomic E-state index is 12.9. The van der Waals surface area contributed by atoms with Crippen molar-refractivity contribution in [2.45, 2.75) is 142 Å². The number of aliphatic hydroxyl groups excluding tert-OH is 4. The Morgan fingerprint density at radius 3 is 1.52 bits per heavy atom. The minimum absolute atomic E-state index is 0.0000882. The Labute approximate surface area is 543 Å². The van der Waals surface area contributed by atoms with Crippen molar-refractivity contribution in [1.29, 1.82) is 0 Å². The Bertz CT molecular complexity index is 3060. The van der Waals surface area contributed by atoms with Crippen LogP contribution in [0.25, 0.3) is 43.0 Å². The van der Waals surface area contributed by atoms with E-state index < -0.39 is 67.7 Å². The van der Waals surface area contributed by atoms with Crippen LogP contribution >= 0.6 is 0 Å². The van der Waals surface area contributed by atoms with Gasteiger partial charge in [0.2, 0.25) is 28.3 Å². The van der Waals surface area contributed by atoms with E-state index >= 15 is 0 Å². The van der Waals surface area contributed by atoms with Crippen LogP contribution in [0.4, 0.5) is 11.9 Å². The average Bonchev–Trinajstić information content (AvgIpc) is 0.827. The molecule has 10 atom stereocenters. The van der Waals surface area contributed by atoms with Gasteiger partial charge in [-0.25, -0.2) is 9.46 Å². The van der Waals surface area contributed by atoms with Gasteiger partial charge in [-0.3, -0.25) is 39.6 Å². The fraction of sp³-hybridized carbons (Fsp3) is 0.690. The molecule has 2 aromatic carbocycles. The SMILES string of the molecule is CC.CC(=O)OCC1OC(OC(C)=O)C(OCCN(CCCCCCN=[N+]=[N-])CC(=O)NCCNc2n[n+]([O-])c3ccccc3[n+]2[O-])[C@@H](C)[C@@H]1C.[N-]=[N+]=NCCCCCCN(CCOC1C(O)OC(CO)[C@@H](O)[C@@H]1O)CC(=O)NCCNc1n[n+]([O-])c2ccccc2[n+]1[O-]. The van der Waals surface area contributed by atoms with Crippen molar-refractivity contribution in [1.82, 2.24) is 30.6 Å². The number of azide groups is 2. The van der Waals surface area contributed by atoms with Gasteiger partial charge in [-0.05, 0) is 73.8 Å². The van der Waals surface area contributed by atoms with Crippen LogP contribution in [0.1, 0.15) is 92.9 Å². The van der Waals surface area contributed by atoms with E-state index in [1.807, 2.05) is 37.5 Å². The van der Waals surface area contributed by atoms with Crippen molar-refractivity contribution in [2.75, 3.05) is 116 Å². The maximum Gasteiger partial charge on any atom is 0.461 e. The average molecular weight is 1330 g/mol. The van der Waals surface area contributed by atoms with Gasteiger partial charge in [0.1, 0.15) is 37.1 Å². The number of carbonyl (C=O) groups is 4. The van der Waals surface area contributed by atoms with Gasteiger partial charge in [0.25, 0.3) is 11.0 Å². The molecule has 2 aliphatic rings. The Hall–Kier alpha value is -8.12. The summed E-state index contributed by atoms with van der Waals surface area (Å²) in [5.74, 6) is -2.09. The number of anilines is 2. The number of hydrogen-bond donors (Lipinski definition) is 8. The van der Waals surface area contributed by atoms with Gasteiger partial charge in [0, 0.05) is 84.8 Å². The molecule has 2 aromatic heterocycles. The van der Waals surface area contributed by atoms with Gasteiger partial charge in [-0.2, -0.15) is 0 Å². The van der Waals surface area contributed by atoms with Crippen molar-refractivity contribution in [3.05, 3.63) is 90.2 Å². The van der Waals surface area contributed by atoms with Gasteiger partial charge in [0.15, 0.2) is 17.3 Å². The van der Waals surface area contributed by atoms with Crippen LogP contribution in [-0.4, -0.2) is 218 Å². The number of ether oxygens (including phenoxy) is 6. The zero-order valence-electron chi connectivity index (χ0n) is 54.1. The fourth-order valence-corrected chi connectivity index (χ4v) is 10.1. The zero-order valence-corrected chi connectivity index (χ0v) is 54.1. The highest BCUT2D eigenvalue weighted by molar-refractivity contribution is 5.78. The lowest BCUT2D eigenvalue weighted by Gasteiger charge is -2.43. The Morgan fingerprint density at radius 1 is 0.617 bits per heavy atom. The number of benzene rings is 2. The molecule has 522 valence electrons. The van der Waals surface area contributed by atoms with Crippen LogP contribution in [0.3, 0.4) is 0 Å². The van der Waals surface area contributed by atoms with Gasteiger partial charge in [-0.15, -0.1) is 0 Å². The standard InChI is InChI=1S/C31H47N9O9.C25H39N9O9.C2H6/c1-21-22(2)29(30(48-24(4)42)49-27(21)20-47-23(3)41)46-18-17-38(16-10-6-5-9-13-35-37-32)19-28(43)33-14-15-34-31-36-40(45)26-12-8-7-11-25(26)39(31)44;26-31-29-9-5-1-2-6-12-32(13-14-42-23-22(38)21(37)19(16-35)43-24(23)39)15-20(36)27-10-11-28-25-30-34(41)18-8-4-3-7-17(18)33(25)40;1-2/h7-8,11-12,21-22,27,29-30H,5-6,9-10,13-20H2,1-4H3,(H,33,43)(H,34,36);3-4,7-8,19,21-24,35,37-39H,1-2,5-6,9-16H2,(H,27,36)(H,28,30);1-2H3/t21-,22-,27?,29?,30?;19?,21-,22+,23?,24?;/m01./s1. The quantitative estimate of drug-likeness (QED) is 0.00584. The van der Waals surface area contributed by atoms with E-state index in [4.69, 9.17) is 39.5 Å². The summed E-state index contributed by atoms with van der Waals surface area (Å²) in [6.07, 6.45) is -2.45. The summed E-state index contributed by atoms with van der Waals surface area (Å²) in [6.45, 7) is 13.5. The van der Waals surface area contributed by atoms with Crippen LogP contribution in [-0.2, 0) is 47.6 Å². The van der Waals surface area contributed by atoms with E-state index in [0.29, 0.717) is 51.9 Å². The lowest BCUT2D eigenvalue weighted by Crippen LogP contribution is -2.59. The summed E-state index contributed by atoms with van der Waals surface area (Å²) < 4.78 is 34.6. The minimum atomic E-state index is -1.56. The number of unbranched alkanes of at least 4 members (excludes halogenated alkanes) is 6. The van der Waals surface area contributed by atoms with Gasteiger partial charge in [0.05, 0.1) is 52.1 Å². The van der Waals surface area contributed by atoms with Gasteiger partial charge in [-0.1, -0.05) is 87.9 Å². The molecule has 0 radical (unpaired) electrons. The zero-order chi connectivity index (χ0) is 69.0. The first-order valence-electron chi connectivity index (χ1n) is 31.5. The molecule has 0 saturated carbocycles. The lowest BCUT2D eigenvalue weighted by molar-refractivity contribution is -0.672. The molecule has 2 aliphatic heterocycles. The van der Waals surface area contributed by atoms with Crippen LogP contribution in [0, 0.1) is 32.7 Å². The summed E-state index contributed by atoms with van der Waals surface area (Å²) in [5.41, 5.74) is 17.4. The van der Waals surface area contributed by atoms with Crippen LogP contribution in [0.15, 0.2) is 58.8 Å². The highest BCUT2D eigenvalue weighted by Crippen LogP contribution is 2.34. The molecule has 6 unspecified atom stereocenters. The molecule has 36 heteroatoms. The van der Waals surface area contributed by atoms with E-state index in [2.05, 4.69) is 51.5 Å². The van der Waals surface area contributed by atoms with E-state index in [1.165, 1.54) is 38.1 Å². The number of rotatable bonds is 38. The number of hydrogen-bond acceptors (Lipinski definition) is 26. The second-order valence-corrected chi connectivity index (χ2v) is 21.9. The number of amides is 2. The summed E-state index contributed by atoms with van der Waals surface area (Å²) in [6, 6.07) is 12.5. The Morgan fingerprint density at radius 2 is 1.07 bits per heavy atom. The molecule has 94 heavy (non-hydrogen) atoms. The molecule has 0 bridgehead atoms. The molecule has 4 heterocycles. The third-order valence-electron chi connectivity index (χ3n) is 15.2. The predicted molar refractivity (Wildman–Crippen MR) is 336 cm³/mol. The number of esters is 2. The minimum Gasteiger partial charge on any atom is -0.739 e. The first-order chi connectivity index (χ1) is 45.3. The summed E-state index contributed by atoms with van der Waals surface area (Å²) in [5, 5.41) is 115. The van der Waals surface area contributed by atoms with Crippen molar-refractivity contribution in [2.24, 2.45) is 22.1 Å². The number of fused-ring (bicyclic) bond motifs is 2. The molecular weight excluding hydrogens is 1240 g/mol. The molecule has 4 aromatic rings. The van der Waals surface area contributed by atoms with Gasteiger partial charge < -0.3 is 80.3 Å². The molecule has 2 fully saturated rings. The number of nitrogens with one attached hydrogen (secondary N) is 4. The second-order valence-electron chi connectivity index (χ2n) is 21.9. The maximum absolute atomic E-state index is 12.9. The number of aliphatic hydroxyl groups is 4. The summed E-state index contributed by atoms with van der Waals surface area (Å²) >= 11 is 0. The largest absolute Gasteiger partial charge is 0.739 e. The van der Waals surface area contributed by atoms with E-state index in [1.54, 1.807) is 24.3 Å². The monoisotopic (exact) mass is 1330 g/mol. The molecule has 6 rings (SSSR count). The van der Waals surface area contributed by atoms with Crippen molar-refractivity contribution < 1.29 is 87.2 Å². The van der Waals surface area contributed by atoms with Crippen LogP contribution < -0.4 is 40.4 Å². The first-order valence-corrected chi connectivity index (χ1v) is 31.5. The lowest BCUT2D eigenvalue weighted by atomic mass is 9.83. The topological polar surface area (TPSA) is 490 Å². The first kappa shape index (κ1) is 78.3. The van der Waals surface area contributed by atoms with Crippen molar-refractivity contribution >= 4 is 57.7 Å². The Kier molecular flexibility index (Phi) is 35.8. The third kappa shape index (κ3) is 26.0. The van der Waals surface area contributed by atoms with E-state index in [9.17, 15) is 60.4 Å². The highest BCUT2D eigenvalue weighted by atomic mass is 16.7. The normalized spacial score (nSPS) is 20.7. The number of carbonyl (C=O) groups excluding carboxylic acids is 4. The molecule has 2 saturated heterocycles. The molecule has 2 amide bonds. The number of nitrogens with zero attached hydrogens (tertiary/aromatic N) is 14. The fourth-order valence-electron chi connectivity index (χ4n) is 10.1. The molecule has 36 nitrogen and oxygen atoms in total. The van der Waals surface area contributed by atoms with Crippen LogP contribution in [0.5, 0.6) is 0 Å². The number of aromatic nitrogens is 6. The Balaban J connectivity index is 0.000000393. The smallest absolute Gasteiger partial charge is 0.461 e. The molecular formula is C58H92N18O18. The van der Waals surface area contributed by atoms with Crippen LogP contribution in [0.2, 0.25) is 0 Å². The third-order valence-corrected chi connectivity index (χ3v) is 15.2. The highest BCUT2D eigenvalue weighted by Gasteiger charge is 2.46. The number of para-hydroxylation sites is 4. The molecule has 0 spiro atoms. The molecule has 8 N–H and O–H groups in total. The van der Waals surface area contributed by atoms with Crippen molar-refractivity contribution in [3.63, 3.8) is 0 Å².